The lowest BCUT2D eigenvalue weighted by atomic mass is 10.0. The molecule has 3 rings (SSSR count). The largest absolute Gasteiger partial charge is 0.331 e. The molecule has 1 amide bonds. The van der Waals surface area contributed by atoms with E-state index in [1.807, 2.05) is 29.2 Å². The van der Waals surface area contributed by atoms with Crippen LogP contribution in [0.4, 0.5) is 0 Å². The molecule has 17 heavy (non-hydrogen) atoms. The molecule has 1 aliphatic heterocycles. The van der Waals surface area contributed by atoms with Gasteiger partial charge in [0.25, 0.3) is 0 Å². The topological polar surface area (TPSA) is 46.3 Å². The Bertz CT molecular complexity index is 458. The van der Waals surface area contributed by atoms with Gasteiger partial charge in [0.05, 0.1) is 6.04 Å². The van der Waals surface area contributed by atoms with E-state index in [-0.39, 0.29) is 18.0 Å². The van der Waals surface area contributed by atoms with Crippen LogP contribution in [0.3, 0.4) is 0 Å². The molecule has 1 aromatic rings. The monoisotopic (exact) mass is 250 g/mol. The van der Waals surface area contributed by atoms with Crippen LogP contribution in [0.1, 0.15) is 30.9 Å². The number of halogens is 1. The average Bonchev–Trinajstić information content (AvgIpc) is 3.04. The van der Waals surface area contributed by atoms with Crippen LogP contribution in [0.2, 0.25) is 5.02 Å². The maximum absolute atomic E-state index is 11.9. The zero-order valence-corrected chi connectivity index (χ0v) is 10.2. The normalized spacial score (nSPS) is 28.8. The van der Waals surface area contributed by atoms with Crippen molar-refractivity contribution >= 4 is 17.5 Å². The van der Waals surface area contributed by atoms with E-state index in [0.29, 0.717) is 17.5 Å². The third-order valence-corrected chi connectivity index (χ3v) is 3.77. The summed E-state index contributed by atoms with van der Waals surface area (Å²) in [4.78, 5) is 13.9. The second kappa shape index (κ2) is 4.00. The zero-order valence-electron chi connectivity index (χ0n) is 9.47. The lowest BCUT2D eigenvalue weighted by Gasteiger charge is -2.27. The molecule has 1 aliphatic carbocycles. The molecule has 1 aromatic carbocycles. The van der Waals surface area contributed by atoms with Gasteiger partial charge < -0.3 is 10.6 Å². The lowest BCUT2D eigenvalue weighted by Crippen LogP contribution is -2.34. The standard InChI is InChI=1S/C13H15ClN2O/c14-9-3-1-2-8(6-9)13-11(15)7-12(17)16(13)10-4-5-10/h1-3,6,10-11,13H,4-5,7,15H2. The van der Waals surface area contributed by atoms with Crippen molar-refractivity contribution in [3.05, 3.63) is 34.9 Å². The number of nitrogens with two attached hydrogens (primary N) is 1. The van der Waals surface area contributed by atoms with Gasteiger partial charge in [-0.2, -0.15) is 0 Å². The van der Waals surface area contributed by atoms with E-state index >= 15 is 0 Å². The van der Waals surface area contributed by atoms with Crippen molar-refractivity contribution in [2.24, 2.45) is 5.73 Å². The SMILES string of the molecule is NC1CC(=O)N(C2CC2)C1c1cccc(Cl)c1. The van der Waals surface area contributed by atoms with Gasteiger partial charge in [-0.25, -0.2) is 0 Å². The van der Waals surface area contributed by atoms with E-state index < -0.39 is 0 Å². The van der Waals surface area contributed by atoms with Gasteiger partial charge in [0.2, 0.25) is 5.91 Å². The Morgan fingerprint density at radius 2 is 2.12 bits per heavy atom. The molecule has 90 valence electrons. The first kappa shape index (κ1) is 11.1. The predicted molar refractivity (Wildman–Crippen MR) is 66.7 cm³/mol. The van der Waals surface area contributed by atoms with Crippen molar-refractivity contribution in [2.75, 3.05) is 0 Å². The van der Waals surface area contributed by atoms with Gasteiger partial charge in [0.1, 0.15) is 0 Å². The smallest absolute Gasteiger partial charge is 0.225 e. The summed E-state index contributed by atoms with van der Waals surface area (Å²) < 4.78 is 0. The highest BCUT2D eigenvalue weighted by molar-refractivity contribution is 6.30. The van der Waals surface area contributed by atoms with Gasteiger partial charge >= 0.3 is 0 Å². The molecule has 2 N–H and O–H groups in total. The summed E-state index contributed by atoms with van der Waals surface area (Å²) in [6.07, 6.45) is 2.67. The molecule has 0 bridgehead atoms. The second-order valence-corrected chi connectivity index (χ2v) is 5.34. The van der Waals surface area contributed by atoms with Gasteiger partial charge in [-0.15, -0.1) is 0 Å². The summed E-state index contributed by atoms with van der Waals surface area (Å²) >= 11 is 6.01. The molecule has 0 aromatic heterocycles. The van der Waals surface area contributed by atoms with E-state index in [0.717, 1.165) is 18.4 Å². The molecule has 0 radical (unpaired) electrons. The molecule has 1 heterocycles. The fourth-order valence-corrected chi connectivity index (χ4v) is 2.86. The Labute approximate surface area is 106 Å². The van der Waals surface area contributed by atoms with Crippen LogP contribution in [-0.2, 0) is 4.79 Å². The number of benzene rings is 1. The van der Waals surface area contributed by atoms with Gasteiger partial charge in [-0.05, 0) is 30.5 Å². The summed E-state index contributed by atoms with van der Waals surface area (Å²) in [5.41, 5.74) is 7.16. The molecular formula is C13H15ClN2O. The maximum atomic E-state index is 11.9. The second-order valence-electron chi connectivity index (χ2n) is 4.90. The molecule has 4 heteroatoms. The van der Waals surface area contributed by atoms with Crippen LogP contribution >= 0.6 is 11.6 Å². The van der Waals surface area contributed by atoms with Gasteiger partial charge in [0.15, 0.2) is 0 Å². The molecular weight excluding hydrogens is 236 g/mol. The quantitative estimate of drug-likeness (QED) is 0.874. The highest BCUT2D eigenvalue weighted by atomic mass is 35.5. The minimum Gasteiger partial charge on any atom is -0.331 e. The van der Waals surface area contributed by atoms with Crippen molar-refractivity contribution in [2.45, 2.75) is 37.4 Å². The van der Waals surface area contributed by atoms with Crippen LogP contribution in [-0.4, -0.2) is 22.9 Å². The average molecular weight is 251 g/mol. The Morgan fingerprint density at radius 1 is 1.35 bits per heavy atom. The van der Waals surface area contributed by atoms with E-state index in [4.69, 9.17) is 17.3 Å². The fraction of sp³-hybridized carbons (Fsp3) is 0.462. The Hall–Kier alpha value is -1.06. The van der Waals surface area contributed by atoms with Gasteiger partial charge in [0, 0.05) is 23.5 Å². The van der Waals surface area contributed by atoms with E-state index in [1.54, 1.807) is 0 Å². The summed E-state index contributed by atoms with van der Waals surface area (Å²) in [6.45, 7) is 0. The maximum Gasteiger partial charge on any atom is 0.225 e. The summed E-state index contributed by atoms with van der Waals surface area (Å²) in [5.74, 6) is 0.185. The number of rotatable bonds is 2. The Kier molecular flexibility index (Phi) is 2.60. The number of carbonyl (C=O) groups excluding carboxylic acids is 1. The van der Waals surface area contributed by atoms with E-state index in [1.165, 1.54) is 0 Å². The number of likely N-dealkylation sites (tertiary alicyclic amines) is 1. The summed E-state index contributed by atoms with van der Waals surface area (Å²) in [7, 11) is 0. The number of amides is 1. The van der Waals surface area contributed by atoms with Crippen LogP contribution in [0.15, 0.2) is 24.3 Å². The Morgan fingerprint density at radius 3 is 2.76 bits per heavy atom. The first-order valence-electron chi connectivity index (χ1n) is 5.99. The highest BCUT2D eigenvalue weighted by Crippen LogP contribution is 2.41. The number of nitrogens with zero attached hydrogens (tertiary/aromatic N) is 1. The van der Waals surface area contributed by atoms with Crippen molar-refractivity contribution in [1.29, 1.82) is 0 Å². The third-order valence-electron chi connectivity index (χ3n) is 3.53. The fourth-order valence-electron chi connectivity index (χ4n) is 2.66. The molecule has 2 fully saturated rings. The van der Waals surface area contributed by atoms with Gasteiger partial charge in [-0.1, -0.05) is 23.7 Å². The first-order chi connectivity index (χ1) is 8.16. The minimum absolute atomic E-state index is 0.00806. The van der Waals surface area contributed by atoms with Crippen molar-refractivity contribution in [3.8, 4) is 0 Å². The van der Waals surface area contributed by atoms with E-state index in [2.05, 4.69) is 0 Å². The molecule has 3 nitrogen and oxygen atoms in total. The minimum atomic E-state index is -0.110. The number of carbonyl (C=O) groups is 1. The van der Waals surface area contributed by atoms with Crippen molar-refractivity contribution in [3.63, 3.8) is 0 Å². The molecule has 2 aliphatic rings. The number of hydrogen-bond acceptors (Lipinski definition) is 2. The van der Waals surface area contributed by atoms with Crippen molar-refractivity contribution in [1.82, 2.24) is 4.90 Å². The lowest BCUT2D eigenvalue weighted by molar-refractivity contribution is -0.129. The summed E-state index contributed by atoms with van der Waals surface area (Å²) in [6, 6.07) is 7.98. The van der Waals surface area contributed by atoms with Gasteiger partial charge in [-0.3, -0.25) is 4.79 Å². The molecule has 1 saturated carbocycles. The highest BCUT2D eigenvalue weighted by Gasteiger charge is 2.45. The molecule has 1 saturated heterocycles. The molecule has 2 unspecified atom stereocenters. The third kappa shape index (κ3) is 1.94. The zero-order chi connectivity index (χ0) is 12.0. The van der Waals surface area contributed by atoms with Crippen LogP contribution < -0.4 is 5.73 Å². The van der Waals surface area contributed by atoms with Crippen LogP contribution in [0.5, 0.6) is 0 Å². The summed E-state index contributed by atoms with van der Waals surface area (Å²) in [5, 5.41) is 0.699. The predicted octanol–water partition coefficient (Wildman–Crippen LogP) is 2.10. The first-order valence-corrected chi connectivity index (χ1v) is 6.37. The van der Waals surface area contributed by atoms with Crippen molar-refractivity contribution < 1.29 is 4.79 Å². The Balaban J connectivity index is 1.96. The molecule has 2 atom stereocenters. The number of hydrogen-bond donors (Lipinski definition) is 1. The molecule has 0 spiro atoms. The van der Waals surface area contributed by atoms with Crippen LogP contribution in [0, 0.1) is 0 Å². The van der Waals surface area contributed by atoms with Crippen LogP contribution in [0.25, 0.3) is 0 Å². The van der Waals surface area contributed by atoms with E-state index in [9.17, 15) is 4.79 Å².